The Balaban J connectivity index is 1.12. The summed E-state index contributed by atoms with van der Waals surface area (Å²) in [5.41, 5.74) is 7.89. The van der Waals surface area contributed by atoms with Crippen LogP contribution in [0.15, 0.2) is 158 Å². The maximum absolute atomic E-state index is 2.45. The van der Waals surface area contributed by atoms with Crippen LogP contribution in [-0.4, -0.2) is 0 Å². The van der Waals surface area contributed by atoms with Gasteiger partial charge >= 0.3 is 0 Å². The van der Waals surface area contributed by atoms with Gasteiger partial charge in [0.25, 0.3) is 0 Å². The second-order valence-electron chi connectivity index (χ2n) is 13.5. The standard InChI is InChI=1S/C48H30S2/c1-2-10-29(11-3-1)30-18-20-31(21-19-30)46-35-13-4-6-15-37(35)47(38-16-7-5-14-36(38)46)33-23-25-44-41(27-33)42-26-32-22-24-39-34-12-8-9-17-43(34)50-48(39)40(32)28-45(42)49-44/h1-2,4-10,12-28H,3,11H2. The van der Waals surface area contributed by atoms with Gasteiger partial charge in [0, 0.05) is 45.7 Å². The number of hydrogen-bond acceptors (Lipinski definition) is 2. The van der Waals surface area contributed by atoms with E-state index in [1.807, 2.05) is 22.7 Å². The molecule has 0 aliphatic heterocycles. The van der Waals surface area contributed by atoms with Crippen molar-refractivity contribution in [2.75, 3.05) is 0 Å². The van der Waals surface area contributed by atoms with Crippen molar-refractivity contribution in [3.63, 3.8) is 0 Å². The highest BCUT2D eigenvalue weighted by Gasteiger charge is 2.18. The molecular formula is C48H30S2. The molecular weight excluding hydrogens is 641 g/mol. The lowest BCUT2D eigenvalue weighted by Gasteiger charge is -2.18. The summed E-state index contributed by atoms with van der Waals surface area (Å²) in [5.74, 6) is 0. The van der Waals surface area contributed by atoms with Crippen molar-refractivity contribution in [3.05, 3.63) is 163 Å². The van der Waals surface area contributed by atoms with Crippen molar-refractivity contribution in [3.8, 4) is 22.3 Å². The van der Waals surface area contributed by atoms with E-state index in [4.69, 9.17) is 0 Å². The molecule has 0 saturated heterocycles. The summed E-state index contributed by atoms with van der Waals surface area (Å²) < 4.78 is 5.43. The molecule has 1 aliphatic rings. The Morgan fingerprint density at radius 3 is 1.74 bits per heavy atom. The summed E-state index contributed by atoms with van der Waals surface area (Å²) in [6.07, 6.45) is 8.92. The molecule has 0 radical (unpaired) electrons. The fraction of sp³-hybridized carbons (Fsp3) is 0.0417. The molecule has 10 aromatic rings. The molecule has 0 nitrogen and oxygen atoms in total. The molecule has 0 fully saturated rings. The normalized spacial score (nSPS) is 13.5. The van der Waals surface area contributed by atoms with Crippen molar-refractivity contribution in [2.45, 2.75) is 12.8 Å². The highest BCUT2D eigenvalue weighted by atomic mass is 32.1. The molecule has 0 N–H and O–H groups in total. The third-order valence-corrected chi connectivity index (χ3v) is 13.1. The number of rotatable bonds is 3. The van der Waals surface area contributed by atoms with E-state index in [2.05, 4.69) is 158 Å². The van der Waals surface area contributed by atoms with Crippen molar-refractivity contribution >= 4 is 101 Å². The van der Waals surface area contributed by atoms with E-state index in [-0.39, 0.29) is 0 Å². The second-order valence-corrected chi connectivity index (χ2v) is 15.6. The summed E-state index contributed by atoms with van der Waals surface area (Å²) >= 11 is 3.83. The second kappa shape index (κ2) is 11.0. The lowest BCUT2D eigenvalue weighted by molar-refractivity contribution is 1.05. The molecule has 8 aromatic carbocycles. The SMILES string of the molecule is C1=CCCC(c2ccc(-c3c4ccccc4c(-c4ccc5sc6cc7c(ccc8c9ccccc9sc78)cc6c5c4)c4ccccc34)cc2)=C1. The molecule has 11 rings (SSSR count). The fourth-order valence-electron chi connectivity index (χ4n) is 8.38. The lowest BCUT2D eigenvalue weighted by atomic mass is 9.85. The minimum atomic E-state index is 1.10. The van der Waals surface area contributed by atoms with Gasteiger partial charge in [-0.3, -0.25) is 0 Å². The highest BCUT2D eigenvalue weighted by Crippen LogP contribution is 2.47. The van der Waals surface area contributed by atoms with Gasteiger partial charge in [-0.2, -0.15) is 0 Å². The van der Waals surface area contributed by atoms with Crippen LogP contribution in [0.4, 0.5) is 0 Å². The van der Waals surface area contributed by atoms with Crippen LogP contribution in [0.2, 0.25) is 0 Å². The third kappa shape index (κ3) is 4.22. The quantitative estimate of drug-likeness (QED) is 0.164. The van der Waals surface area contributed by atoms with Crippen LogP contribution >= 0.6 is 22.7 Å². The Bertz CT molecular complexity index is 3020. The first kappa shape index (κ1) is 28.3. The van der Waals surface area contributed by atoms with Gasteiger partial charge < -0.3 is 0 Å². The smallest absolute Gasteiger partial charge is 0.0434 e. The van der Waals surface area contributed by atoms with Crippen LogP contribution in [-0.2, 0) is 0 Å². The van der Waals surface area contributed by atoms with E-state index in [1.165, 1.54) is 106 Å². The van der Waals surface area contributed by atoms with Gasteiger partial charge in [0.15, 0.2) is 0 Å². The summed E-state index contributed by atoms with van der Waals surface area (Å²) in [7, 11) is 0. The van der Waals surface area contributed by atoms with Gasteiger partial charge in [-0.25, -0.2) is 0 Å². The number of thiophene rings is 2. The molecule has 0 atom stereocenters. The van der Waals surface area contributed by atoms with E-state index < -0.39 is 0 Å². The zero-order chi connectivity index (χ0) is 32.8. The number of hydrogen-bond donors (Lipinski definition) is 0. The number of benzene rings is 8. The number of fused-ring (bicyclic) bond motifs is 10. The van der Waals surface area contributed by atoms with E-state index in [0.717, 1.165) is 12.8 Å². The Kier molecular flexibility index (Phi) is 6.22. The van der Waals surface area contributed by atoms with E-state index in [0.29, 0.717) is 0 Å². The largest absolute Gasteiger partial charge is 0.135 e. The van der Waals surface area contributed by atoms with Crippen LogP contribution < -0.4 is 0 Å². The van der Waals surface area contributed by atoms with E-state index in [1.54, 1.807) is 0 Å². The highest BCUT2D eigenvalue weighted by molar-refractivity contribution is 7.27. The molecule has 0 saturated carbocycles. The van der Waals surface area contributed by atoms with Gasteiger partial charge in [-0.15, -0.1) is 22.7 Å². The zero-order valence-corrected chi connectivity index (χ0v) is 28.9. The first-order valence-electron chi connectivity index (χ1n) is 17.4. The monoisotopic (exact) mass is 670 g/mol. The first-order chi connectivity index (χ1) is 24.8. The van der Waals surface area contributed by atoms with Crippen molar-refractivity contribution in [1.82, 2.24) is 0 Å². The van der Waals surface area contributed by atoms with Gasteiger partial charge in [0.2, 0.25) is 0 Å². The molecule has 2 heteroatoms. The van der Waals surface area contributed by atoms with Crippen LogP contribution in [0.5, 0.6) is 0 Å². The van der Waals surface area contributed by atoms with Gasteiger partial charge in [-0.1, -0.05) is 127 Å². The molecule has 2 aromatic heterocycles. The Morgan fingerprint density at radius 1 is 0.400 bits per heavy atom. The molecule has 1 aliphatic carbocycles. The Hall–Kier alpha value is -5.54. The maximum atomic E-state index is 2.45. The van der Waals surface area contributed by atoms with E-state index in [9.17, 15) is 0 Å². The van der Waals surface area contributed by atoms with Crippen LogP contribution in [0, 0.1) is 0 Å². The van der Waals surface area contributed by atoms with Crippen LogP contribution in [0.3, 0.4) is 0 Å². The van der Waals surface area contributed by atoms with Gasteiger partial charge in [-0.05, 0) is 103 Å². The Labute approximate surface area is 297 Å². The molecule has 0 amide bonds. The number of allylic oxidation sites excluding steroid dienone is 4. The van der Waals surface area contributed by atoms with Gasteiger partial charge in [0.05, 0.1) is 0 Å². The molecule has 234 valence electrons. The lowest BCUT2D eigenvalue weighted by Crippen LogP contribution is -1.92. The molecule has 2 heterocycles. The molecule has 0 unspecified atom stereocenters. The third-order valence-electron chi connectivity index (χ3n) is 10.7. The van der Waals surface area contributed by atoms with E-state index >= 15 is 0 Å². The minimum absolute atomic E-state index is 1.10. The zero-order valence-electron chi connectivity index (χ0n) is 27.2. The van der Waals surface area contributed by atoms with Crippen molar-refractivity contribution in [2.24, 2.45) is 0 Å². The van der Waals surface area contributed by atoms with Crippen molar-refractivity contribution < 1.29 is 0 Å². The minimum Gasteiger partial charge on any atom is -0.135 e. The molecule has 0 spiro atoms. The van der Waals surface area contributed by atoms with Gasteiger partial charge in [0.1, 0.15) is 0 Å². The first-order valence-corrected chi connectivity index (χ1v) is 19.0. The molecule has 50 heavy (non-hydrogen) atoms. The summed E-state index contributed by atoms with van der Waals surface area (Å²) in [6.45, 7) is 0. The summed E-state index contributed by atoms with van der Waals surface area (Å²) in [6, 6.07) is 52.7. The summed E-state index contributed by atoms with van der Waals surface area (Å²) in [4.78, 5) is 0. The van der Waals surface area contributed by atoms with Crippen LogP contribution in [0.1, 0.15) is 18.4 Å². The predicted molar refractivity (Wildman–Crippen MR) is 222 cm³/mol. The predicted octanol–water partition coefficient (Wildman–Crippen LogP) is 14.9. The fourth-order valence-corrected chi connectivity index (χ4v) is 10.7. The van der Waals surface area contributed by atoms with Crippen molar-refractivity contribution in [1.29, 1.82) is 0 Å². The Morgan fingerprint density at radius 2 is 1.02 bits per heavy atom. The average Bonchev–Trinajstić information content (AvgIpc) is 3.74. The molecule has 0 bridgehead atoms. The maximum Gasteiger partial charge on any atom is 0.0434 e. The van der Waals surface area contributed by atoms with Crippen LogP contribution in [0.25, 0.3) is 100 Å². The summed E-state index contributed by atoms with van der Waals surface area (Å²) in [5, 5.41) is 13.2. The average molecular weight is 671 g/mol. The topological polar surface area (TPSA) is 0 Å².